The molecule has 0 spiro atoms. The van der Waals surface area contributed by atoms with Crippen molar-refractivity contribution in [1.82, 2.24) is 0 Å². The van der Waals surface area contributed by atoms with Gasteiger partial charge in [-0.25, -0.2) is 0 Å². The van der Waals surface area contributed by atoms with E-state index in [4.69, 9.17) is 0 Å². The van der Waals surface area contributed by atoms with Crippen LogP contribution >= 0.6 is 0 Å². The lowest BCUT2D eigenvalue weighted by atomic mass is 9.76. The molecule has 94 valence electrons. The molecular weight excluding hydrogens is 204 g/mol. The molecule has 0 aliphatic heterocycles. The van der Waals surface area contributed by atoms with Crippen molar-refractivity contribution in [1.29, 1.82) is 0 Å². The molecule has 1 aromatic carbocycles. The first-order chi connectivity index (χ1) is 8.02. The summed E-state index contributed by atoms with van der Waals surface area (Å²) in [6, 6.07) is 6.75. The zero-order valence-electron chi connectivity index (χ0n) is 12.0. The highest BCUT2D eigenvalue weighted by Crippen LogP contribution is 2.48. The summed E-state index contributed by atoms with van der Waals surface area (Å²) in [5.41, 5.74) is 4.64. The summed E-state index contributed by atoms with van der Waals surface area (Å²) in [5, 5.41) is 0. The van der Waals surface area contributed by atoms with E-state index in [1.807, 2.05) is 0 Å². The van der Waals surface area contributed by atoms with Gasteiger partial charge in [0, 0.05) is 0 Å². The van der Waals surface area contributed by atoms with Crippen molar-refractivity contribution in [3.8, 4) is 0 Å². The number of aryl methyl sites for hydroxylation is 2. The monoisotopic (exact) mass is 230 g/mol. The van der Waals surface area contributed by atoms with Crippen molar-refractivity contribution >= 4 is 0 Å². The van der Waals surface area contributed by atoms with Crippen molar-refractivity contribution in [2.45, 2.75) is 53.4 Å². The third-order valence-electron chi connectivity index (χ3n) is 4.74. The minimum Gasteiger partial charge on any atom is -0.0625 e. The van der Waals surface area contributed by atoms with Crippen LogP contribution in [0.15, 0.2) is 18.2 Å². The summed E-state index contributed by atoms with van der Waals surface area (Å²) < 4.78 is 0. The maximum absolute atomic E-state index is 2.44. The molecule has 0 radical (unpaired) electrons. The number of hydrogen-bond acceptors (Lipinski definition) is 0. The van der Waals surface area contributed by atoms with Gasteiger partial charge in [0.05, 0.1) is 0 Å². The van der Waals surface area contributed by atoms with Crippen LogP contribution in [0.5, 0.6) is 0 Å². The zero-order valence-corrected chi connectivity index (χ0v) is 12.0. The lowest BCUT2D eigenvalue weighted by molar-refractivity contribution is 0.287. The smallest absolute Gasteiger partial charge is 0.0123 e. The Hall–Kier alpha value is -0.780. The largest absolute Gasteiger partial charge is 0.0625 e. The van der Waals surface area contributed by atoms with Crippen LogP contribution in [0.2, 0.25) is 0 Å². The zero-order chi connectivity index (χ0) is 12.6. The van der Waals surface area contributed by atoms with E-state index in [1.54, 1.807) is 5.56 Å². The van der Waals surface area contributed by atoms with Crippen molar-refractivity contribution in [3.63, 3.8) is 0 Å². The van der Waals surface area contributed by atoms with Crippen LogP contribution in [0.1, 0.15) is 56.2 Å². The van der Waals surface area contributed by atoms with E-state index in [9.17, 15) is 0 Å². The van der Waals surface area contributed by atoms with E-state index < -0.39 is 0 Å². The average molecular weight is 230 g/mol. The van der Waals surface area contributed by atoms with Crippen LogP contribution in [-0.4, -0.2) is 0 Å². The molecule has 0 bridgehead atoms. The maximum atomic E-state index is 2.44. The summed E-state index contributed by atoms with van der Waals surface area (Å²) in [5.74, 6) is 3.36. The van der Waals surface area contributed by atoms with Gasteiger partial charge in [-0.05, 0) is 67.1 Å². The molecule has 17 heavy (non-hydrogen) atoms. The lowest BCUT2D eigenvalue weighted by Gasteiger charge is -2.29. The summed E-state index contributed by atoms with van der Waals surface area (Å²) in [6.45, 7) is 11.8. The first-order valence-electron chi connectivity index (χ1n) is 7.08. The van der Waals surface area contributed by atoms with E-state index in [2.05, 4.69) is 52.8 Å². The van der Waals surface area contributed by atoms with Gasteiger partial charge in [-0.3, -0.25) is 0 Å². The lowest BCUT2D eigenvalue weighted by Crippen LogP contribution is -2.19. The standard InChI is InChI=1S/C17H26/c1-11(2)16-14(5)9-10-15(16)17-12(3)7-6-8-13(17)4/h6-8,11,14-16H,9-10H2,1-5H3. The van der Waals surface area contributed by atoms with Gasteiger partial charge in [0.1, 0.15) is 0 Å². The number of hydrogen-bond donors (Lipinski definition) is 0. The predicted molar refractivity (Wildman–Crippen MR) is 75.4 cm³/mol. The molecule has 3 atom stereocenters. The molecule has 2 rings (SSSR count). The van der Waals surface area contributed by atoms with Gasteiger partial charge in [0.15, 0.2) is 0 Å². The molecule has 0 amide bonds. The molecule has 0 saturated heterocycles. The number of benzene rings is 1. The molecule has 0 nitrogen and oxygen atoms in total. The molecule has 1 saturated carbocycles. The fraction of sp³-hybridized carbons (Fsp3) is 0.647. The van der Waals surface area contributed by atoms with Crippen LogP contribution in [0.4, 0.5) is 0 Å². The van der Waals surface area contributed by atoms with E-state index in [0.29, 0.717) is 0 Å². The molecule has 3 unspecified atom stereocenters. The molecule has 0 N–H and O–H groups in total. The minimum absolute atomic E-state index is 0.797. The molecule has 0 heteroatoms. The predicted octanol–water partition coefficient (Wildman–Crippen LogP) is 5.09. The highest BCUT2D eigenvalue weighted by Gasteiger charge is 2.37. The summed E-state index contributed by atoms with van der Waals surface area (Å²) in [6.07, 6.45) is 2.79. The van der Waals surface area contributed by atoms with Gasteiger partial charge in [0.2, 0.25) is 0 Å². The second-order valence-electron chi connectivity index (χ2n) is 6.29. The Morgan fingerprint density at radius 3 is 2.18 bits per heavy atom. The molecular formula is C17H26. The molecule has 1 aliphatic rings. The molecule has 1 aliphatic carbocycles. The van der Waals surface area contributed by atoms with E-state index in [0.717, 1.165) is 23.7 Å². The first kappa shape index (κ1) is 12.7. The Balaban J connectivity index is 2.39. The Morgan fingerprint density at radius 1 is 1.06 bits per heavy atom. The second-order valence-corrected chi connectivity index (χ2v) is 6.29. The Labute approximate surface area is 106 Å². The third-order valence-corrected chi connectivity index (χ3v) is 4.74. The highest BCUT2D eigenvalue weighted by molar-refractivity contribution is 5.37. The van der Waals surface area contributed by atoms with Gasteiger partial charge in [0.25, 0.3) is 0 Å². The molecule has 1 aromatic rings. The average Bonchev–Trinajstić information content (AvgIpc) is 2.60. The fourth-order valence-corrected chi connectivity index (χ4v) is 4.09. The Bertz CT molecular complexity index is 369. The first-order valence-corrected chi connectivity index (χ1v) is 7.08. The van der Waals surface area contributed by atoms with Gasteiger partial charge in [-0.2, -0.15) is 0 Å². The van der Waals surface area contributed by atoms with Crippen LogP contribution in [0, 0.1) is 31.6 Å². The van der Waals surface area contributed by atoms with Crippen LogP contribution in [0.25, 0.3) is 0 Å². The Morgan fingerprint density at radius 2 is 1.65 bits per heavy atom. The van der Waals surface area contributed by atoms with Crippen LogP contribution in [-0.2, 0) is 0 Å². The van der Waals surface area contributed by atoms with Gasteiger partial charge in [-0.1, -0.05) is 39.0 Å². The van der Waals surface area contributed by atoms with E-state index >= 15 is 0 Å². The molecule has 0 heterocycles. The quantitative estimate of drug-likeness (QED) is 0.664. The van der Waals surface area contributed by atoms with Gasteiger partial charge < -0.3 is 0 Å². The Kier molecular flexibility index (Phi) is 3.61. The van der Waals surface area contributed by atoms with E-state index in [-0.39, 0.29) is 0 Å². The van der Waals surface area contributed by atoms with Gasteiger partial charge in [-0.15, -0.1) is 0 Å². The van der Waals surface area contributed by atoms with E-state index in [1.165, 1.54) is 24.0 Å². The number of rotatable bonds is 2. The highest BCUT2D eigenvalue weighted by atomic mass is 14.4. The normalized spacial score (nSPS) is 28.9. The van der Waals surface area contributed by atoms with Crippen LogP contribution < -0.4 is 0 Å². The van der Waals surface area contributed by atoms with Crippen LogP contribution in [0.3, 0.4) is 0 Å². The molecule has 1 fully saturated rings. The molecule has 0 aromatic heterocycles. The van der Waals surface area contributed by atoms with Gasteiger partial charge >= 0.3 is 0 Å². The van der Waals surface area contributed by atoms with Crippen molar-refractivity contribution in [3.05, 3.63) is 34.9 Å². The summed E-state index contributed by atoms with van der Waals surface area (Å²) >= 11 is 0. The topological polar surface area (TPSA) is 0 Å². The second kappa shape index (κ2) is 4.84. The van der Waals surface area contributed by atoms with Crippen molar-refractivity contribution < 1.29 is 0 Å². The SMILES string of the molecule is Cc1cccc(C)c1C1CCC(C)C1C(C)C. The van der Waals surface area contributed by atoms with Crippen molar-refractivity contribution in [2.24, 2.45) is 17.8 Å². The third kappa shape index (κ3) is 2.27. The fourth-order valence-electron chi connectivity index (χ4n) is 4.09. The van der Waals surface area contributed by atoms with Crippen molar-refractivity contribution in [2.75, 3.05) is 0 Å². The minimum atomic E-state index is 0.797. The maximum Gasteiger partial charge on any atom is -0.0123 e. The summed E-state index contributed by atoms with van der Waals surface area (Å²) in [4.78, 5) is 0. The summed E-state index contributed by atoms with van der Waals surface area (Å²) in [7, 11) is 0.